The summed E-state index contributed by atoms with van der Waals surface area (Å²) in [5.74, 6) is -0.177. The van der Waals surface area contributed by atoms with Crippen LogP contribution in [0, 0.1) is 5.82 Å². The fraction of sp³-hybridized carbons (Fsp3) is 0.538. The van der Waals surface area contributed by atoms with Crippen LogP contribution >= 0.6 is 0 Å². The molecular weight excluding hydrogens is 221 g/mol. The summed E-state index contributed by atoms with van der Waals surface area (Å²) in [6, 6.07) is 4.69. The monoisotopic (exact) mass is 239 g/mol. The minimum absolute atomic E-state index is 0.0346. The Morgan fingerprint density at radius 2 is 2.41 bits per heavy atom. The van der Waals surface area contributed by atoms with Crippen molar-refractivity contribution in [1.82, 2.24) is 5.32 Å². The first-order valence-corrected chi connectivity index (χ1v) is 6.06. The van der Waals surface area contributed by atoms with Gasteiger partial charge in [0.05, 0.1) is 12.7 Å². The standard InChI is InChI=1S/C13H18FNO2/c1-2-17-12-6-5-9(8-10(12)14)13(16)11-4-3-7-15-11/h5-6,8,11,13,15-16H,2-4,7H2,1H3. The smallest absolute Gasteiger partial charge is 0.165 e. The maximum atomic E-state index is 13.6. The third-order valence-corrected chi connectivity index (χ3v) is 3.08. The van der Waals surface area contributed by atoms with Gasteiger partial charge in [0.1, 0.15) is 0 Å². The number of hydrogen-bond donors (Lipinski definition) is 2. The zero-order chi connectivity index (χ0) is 12.3. The number of ether oxygens (including phenoxy) is 1. The molecule has 2 N–H and O–H groups in total. The molecule has 4 heteroatoms. The van der Waals surface area contributed by atoms with Gasteiger partial charge in [-0.15, -0.1) is 0 Å². The van der Waals surface area contributed by atoms with Crippen LogP contribution in [0.1, 0.15) is 31.4 Å². The molecule has 1 aliphatic rings. The summed E-state index contributed by atoms with van der Waals surface area (Å²) in [5.41, 5.74) is 0.602. The summed E-state index contributed by atoms with van der Waals surface area (Å²) in [7, 11) is 0. The number of hydrogen-bond acceptors (Lipinski definition) is 3. The van der Waals surface area contributed by atoms with Crippen molar-refractivity contribution >= 4 is 0 Å². The first kappa shape index (κ1) is 12.3. The molecule has 1 aromatic rings. The summed E-state index contributed by atoms with van der Waals surface area (Å²) < 4.78 is 18.8. The molecule has 17 heavy (non-hydrogen) atoms. The maximum absolute atomic E-state index is 13.6. The largest absolute Gasteiger partial charge is 0.491 e. The van der Waals surface area contributed by atoms with Crippen LogP contribution in [-0.2, 0) is 0 Å². The molecule has 2 atom stereocenters. The summed E-state index contributed by atoms with van der Waals surface area (Å²) in [6.45, 7) is 3.16. The van der Waals surface area contributed by atoms with E-state index in [0.717, 1.165) is 19.4 Å². The summed E-state index contributed by atoms with van der Waals surface area (Å²) in [4.78, 5) is 0. The molecule has 1 aliphatic heterocycles. The fourth-order valence-corrected chi connectivity index (χ4v) is 2.19. The number of benzene rings is 1. The van der Waals surface area contributed by atoms with Crippen molar-refractivity contribution in [3.05, 3.63) is 29.6 Å². The Morgan fingerprint density at radius 1 is 1.59 bits per heavy atom. The third-order valence-electron chi connectivity index (χ3n) is 3.08. The zero-order valence-corrected chi connectivity index (χ0v) is 9.95. The average molecular weight is 239 g/mol. The van der Waals surface area contributed by atoms with Crippen molar-refractivity contribution in [2.45, 2.75) is 31.9 Å². The van der Waals surface area contributed by atoms with E-state index in [0.29, 0.717) is 12.2 Å². The molecule has 0 saturated carbocycles. The zero-order valence-electron chi connectivity index (χ0n) is 9.95. The van der Waals surface area contributed by atoms with Gasteiger partial charge in [-0.2, -0.15) is 0 Å². The van der Waals surface area contributed by atoms with Crippen LogP contribution in [0.25, 0.3) is 0 Å². The van der Waals surface area contributed by atoms with Crippen molar-refractivity contribution in [2.24, 2.45) is 0 Å². The van der Waals surface area contributed by atoms with Crippen molar-refractivity contribution in [3.63, 3.8) is 0 Å². The second-order valence-corrected chi connectivity index (χ2v) is 4.27. The second kappa shape index (κ2) is 5.47. The molecule has 0 amide bonds. The van der Waals surface area contributed by atoms with Gasteiger partial charge in [0.2, 0.25) is 0 Å². The molecule has 1 fully saturated rings. The molecule has 0 radical (unpaired) electrons. The van der Waals surface area contributed by atoms with Crippen LogP contribution in [0.4, 0.5) is 4.39 Å². The second-order valence-electron chi connectivity index (χ2n) is 4.27. The van der Waals surface area contributed by atoms with Gasteiger partial charge in [0.15, 0.2) is 11.6 Å². The number of halogens is 1. The topological polar surface area (TPSA) is 41.5 Å². The Bertz CT molecular complexity index is 378. The highest BCUT2D eigenvalue weighted by Gasteiger charge is 2.24. The molecular formula is C13H18FNO2. The van der Waals surface area contributed by atoms with Gasteiger partial charge in [-0.3, -0.25) is 0 Å². The van der Waals surface area contributed by atoms with E-state index in [2.05, 4.69) is 5.32 Å². The molecule has 2 rings (SSSR count). The van der Waals surface area contributed by atoms with Crippen LogP contribution in [0.2, 0.25) is 0 Å². The summed E-state index contributed by atoms with van der Waals surface area (Å²) >= 11 is 0. The predicted molar refractivity (Wildman–Crippen MR) is 63.6 cm³/mol. The van der Waals surface area contributed by atoms with E-state index in [9.17, 15) is 9.50 Å². The van der Waals surface area contributed by atoms with Gasteiger partial charge in [0, 0.05) is 6.04 Å². The lowest BCUT2D eigenvalue weighted by atomic mass is 10.0. The summed E-state index contributed by atoms with van der Waals surface area (Å²) in [5, 5.41) is 13.3. The molecule has 0 aromatic heterocycles. The van der Waals surface area contributed by atoms with E-state index in [1.165, 1.54) is 6.07 Å². The van der Waals surface area contributed by atoms with Crippen LogP contribution < -0.4 is 10.1 Å². The molecule has 1 aromatic carbocycles. The maximum Gasteiger partial charge on any atom is 0.165 e. The molecule has 3 nitrogen and oxygen atoms in total. The van der Waals surface area contributed by atoms with Gasteiger partial charge in [-0.25, -0.2) is 4.39 Å². The molecule has 2 unspecified atom stereocenters. The van der Waals surface area contributed by atoms with Crippen molar-refractivity contribution in [2.75, 3.05) is 13.2 Å². The number of nitrogens with one attached hydrogen (secondary N) is 1. The quantitative estimate of drug-likeness (QED) is 0.844. The Labute approximate surface area is 101 Å². The lowest BCUT2D eigenvalue weighted by Crippen LogP contribution is -2.28. The summed E-state index contributed by atoms with van der Waals surface area (Å²) in [6.07, 6.45) is 1.33. The first-order valence-electron chi connectivity index (χ1n) is 6.06. The van der Waals surface area contributed by atoms with Crippen LogP contribution in [0.5, 0.6) is 5.75 Å². The van der Waals surface area contributed by atoms with Crippen molar-refractivity contribution < 1.29 is 14.2 Å². The fourth-order valence-electron chi connectivity index (χ4n) is 2.19. The average Bonchev–Trinajstić information content (AvgIpc) is 2.84. The van der Waals surface area contributed by atoms with Gasteiger partial charge in [0.25, 0.3) is 0 Å². The van der Waals surface area contributed by atoms with Crippen molar-refractivity contribution in [3.8, 4) is 5.75 Å². The lowest BCUT2D eigenvalue weighted by molar-refractivity contribution is 0.137. The highest BCUT2D eigenvalue weighted by molar-refractivity contribution is 5.31. The van der Waals surface area contributed by atoms with Crippen molar-refractivity contribution in [1.29, 1.82) is 0 Å². The van der Waals surface area contributed by atoms with Gasteiger partial charge in [-0.1, -0.05) is 6.07 Å². The normalized spacial score (nSPS) is 21.5. The molecule has 0 bridgehead atoms. The van der Waals surface area contributed by atoms with E-state index in [4.69, 9.17) is 4.74 Å². The Kier molecular flexibility index (Phi) is 3.97. The van der Waals surface area contributed by atoms with E-state index in [1.807, 2.05) is 6.92 Å². The van der Waals surface area contributed by atoms with Crippen LogP contribution in [0.15, 0.2) is 18.2 Å². The highest BCUT2D eigenvalue weighted by Crippen LogP contribution is 2.26. The molecule has 0 spiro atoms. The number of aliphatic hydroxyl groups excluding tert-OH is 1. The molecule has 0 aliphatic carbocycles. The van der Waals surface area contributed by atoms with Gasteiger partial charge >= 0.3 is 0 Å². The predicted octanol–water partition coefficient (Wildman–Crippen LogP) is 2.01. The Hall–Kier alpha value is -1.13. The molecule has 1 saturated heterocycles. The minimum atomic E-state index is -0.650. The molecule has 94 valence electrons. The van der Waals surface area contributed by atoms with Gasteiger partial charge < -0.3 is 15.2 Å². The first-order chi connectivity index (χ1) is 8.22. The number of aliphatic hydroxyl groups is 1. The highest BCUT2D eigenvalue weighted by atomic mass is 19.1. The van der Waals surface area contributed by atoms with Gasteiger partial charge in [-0.05, 0) is 44.0 Å². The van der Waals surface area contributed by atoms with E-state index >= 15 is 0 Å². The SMILES string of the molecule is CCOc1ccc(C(O)C2CCCN2)cc1F. The third kappa shape index (κ3) is 2.76. The van der Waals surface area contributed by atoms with E-state index < -0.39 is 11.9 Å². The van der Waals surface area contributed by atoms with E-state index in [-0.39, 0.29) is 11.8 Å². The van der Waals surface area contributed by atoms with Crippen LogP contribution in [-0.4, -0.2) is 24.3 Å². The molecule has 1 heterocycles. The minimum Gasteiger partial charge on any atom is -0.491 e. The Balaban J connectivity index is 2.12. The van der Waals surface area contributed by atoms with E-state index in [1.54, 1.807) is 12.1 Å². The Morgan fingerprint density at radius 3 is 3.00 bits per heavy atom. The van der Waals surface area contributed by atoms with Crippen LogP contribution in [0.3, 0.4) is 0 Å². The lowest BCUT2D eigenvalue weighted by Gasteiger charge is -2.19. The number of rotatable bonds is 4.